The van der Waals surface area contributed by atoms with Gasteiger partial charge in [-0.05, 0) is 38.7 Å². The Morgan fingerprint density at radius 2 is 1.92 bits per heavy atom. The van der Waals surface area contributed by atoms with Crippen LogP contribution in [0.5, 0.6) is 0 Å². The van der Waals surface area contributed by atoms with Crippen molar-refractivity contribution in [1.29, 1.82) is 0 Å². The first-order valence-electron chi connectivity index (χ1n) is 9.06. The predicted octanol–water partition coefficient (Wildman–Crippen LogP) is 2.94. The largest absolute Gasteiger partial charge is 0.450 e. The van der Waals surface area contributed by atoms with Gasteiger partial charge in [-0.15, -0.1) is 24.0 Å². The second-order valence-electron chi connectivity index (χ2n) is 6.34. The summed E-state index contributed by atoms with van der Waals surface area (Å²) in [4.78, 5) is 17.8. The zero-order valence-corrected chi connectivity index (χ0v) is 18.3. The lowest BCUT2D eigenvalue weighted by molar-refractivity contribution is 0.0963. The zero-order valence-electron chi connectivity index (χ0n) is 16.0. The molecule has 1 amide bonds. The third-order valence-corrected chi connectivity index (χ3v) is 4.41. The molecule has 2 N–H and O–H groups in total. The molecule has 7 heteroatoms. The summed E-state index contributed by atoms with van der Waals surface area (Å²) in [5.74, 6) is 0.821. The lowest BCUT2D eigenvalue weighted by Gasteiger charge is -2.32. The van der Waals surface area contributed by atoms with Gasteiger partial charge < -0.3 is 20.3 Å². The fourth-order valence-electron chi connectivity index (χ4n) is 2.89. The number of aliphatic imine (C=N–C) groups is 1. The molecule has 0 saturated carbocycles. The summed E-state index contributed by atoms with van der Waals surface area (Å²) in [6.45, 7) is 6.63. The molecule has 6 nitrogen and oxygen atoms in total. The van der Waals surface area contributed by atoms with Crippen LogP contribution in [-0.2, 0) is 11.2 Å². The number of aryl methyl sites for hydroxylation is 1. The molecule has 0 spiro atoms. The second-order valence-corrected chi connectivity index (χ2v) is 6.34. The number of amides is 1. The van der Waals surface area contributed by atoms with Crippen molar-refractivity contribution in [2.24, 2.45) is 4.99 Å². The molecule has 0 aromatic heterocycles. The third kappa shape index (κ3) is 7.39. The van der Waals surface area contributed by atoms with E-state index < -0.39 is 0 Å². The number of hydrogen-bond donors (Lipinski definition) is 2. The fourth-order valence-corrected chi connectivity index (χ4v) is 2.89. The summed E-state index contributed by atoms with van der Waals surface area (Å²) < 4.78 is 5.05. The van der Waals surface area contributed by atoms with Gasteiger partial charge in [0.1, 0.15) is 0 Å². The molecule has 1 saturated heterocycles. The number of carbonyl (C=O) groups is 1. The van der Waals surface area contributed by atoms with Gasteiger partial charge in [0.05, 0.1) is 6.61 Å². The van der Waals surface area contributed by atoms with E-state index in [-0.39, 0.29) is 30.1 Å². The van der Waals surface area contributed by atoms with Crippen LogP contribution in [0.2, 0.25) is 0 Å². The van der Waals surface area contributed by atoms with Crippen molar-refractivity contribution >= 4 is 36.0 Å². The van der Waals surface area contributed by atoms with Gasteiger partial charge in [0.15, 0.2) is 5.96 Å². The number of halogens is 1. The molecule has 0 aliphatic carbocycles. The molecule has 1 aliphatic rings. The van der Waals surface area contributed by atoms with E-state index in [1.807, 2.05) is 6.92 Å². The molecular weight excluding hydrogens is 443 g/mol. The first-order chi connectivity index (χ1) is 12.1. The Morgan fingerprint density at radius 3 is 2.50 bits per heavy atom. The van der Waals surface area contributed by atoms with Crippen LogP contribution in [0.25, 0.3) is 0 Å². The molecule has 0 unspecified atom stereocenters. The highest BCUT2D eigenvalue weighted by atomic mass is 127. The van der Waals surface area contributed by atoms with E-state index in [1.165, 1.54) is 11.1 Å². The van der Waals surface area contributed by atoms with Crippen molar-refractivity contribution in [3.05, 3.63) is 35.4 Å². The molecular formula is C19H31IN4O2. The van der Waals surface area contributed by atoms with Crippen LogP contribution >= 0.6 is 24.0 Å². The summed E-state index contributed by atoms with van der Waals surface area (Å²) in [6.07, 6.45) is 2.55. The summed E-state index contributed by atoms with van der Waals surface area (Å²) in [6, 6.07) is 8.94. The quantitative estimate of drug-likeness (QED) is 0.392. The molecule has 146 valence electrons. The van der Waals surface area contributed by atoms with E-state index in [9.17, 15) is 4.79 Å². The van der Waals surface area contributed by atoms with Crippen LogP contribution in [0.4, 0.5) is 4.79 Å². The van der Waals surface area contributed by atoms with Gasteiger partial charge in [0.2, 0.25) is 0 Å². The molecule has 1 aromatic rings. The van der Waals surface area contributed by atoms with Crippen LogP contribution in [0, 0.1) is 6.92 Å². The Hall–Kier alpha value is -1.51. The van der Waals surface area contributed by atoms with Gasteiger partial charge in [-0.3, -0.25) is 4.99 Å². The Bertz CT molecular complexity index is 569. The van der Waals surface area contributed by atoms with Crippen LogP contribution in [-0.4, -0.2) is 56.3 Å². The zero-order chi connectivity index (χ0) is 18.1. The van der Waals surface area contributed by atoms with E-state index in [1.54, 1.807) is 11.9 Å². The first-order valence-corrected chi connectivity index (χ1v) is 9.06. The summed E-state index contributed by atoms with van der Waals surface area (Å²) in [5.41, 5.74) is 2.60. The van der Waals surface area contributed by atoms with Crippen molar-refractivity contribution in [3.63, 3.8) is 0 Å². The van der Waals surface area contributed by atoms with Crippen molar-refractivity contribution < 1.29 is 9.53 Å². The number of benzene rings is 1. The van der Waals surface area contributed by atoms with E-state index in [2.05, 4.69) is 46.8 Å². The number of piperidine rings is 1. The molecule has 0 atom stereocenters. The lowest BCUT2D eigenvalue weighted by atomic mass is 10.1. The average Bonchev–Trinajstić information content (AvgIpc) is 2.63. The minimum atomic E-state index is -0.207. The molecule has 1 aromatic carbocycles. The third-order valence-electron chi connectivity index (χ3n) is 4.41. The monoisotopic (exact) mass is 474 g/mol. The number of hydrogen-bond acceptors (Lipinski definition) is 3. The number of likely N-dealkylation sites (tertiary alicyclic amines) is 1. The number of ether oxygens (including phenoxy) is 1. The highest BCUT2D eigenvalue weighted by Crippen LogP contribution is 2.11. The maximum atomic E-state index is 11.7. The molecule has 0 bridgehead atoms. The molecule has 26 heavy (non-hydrogen) atoms. The fraction of sp³-hybridized carbons (Fsp3) is 0.579. The average molecular weight is 474 g/mol. The summed E-state index contributed by atoms with van der Waals surface area (Å²) >= 11 is 0. The number of nitrogens with zero attached hydrogens (tertiary/aromatic N) is 2. The van der Waals surface area contributed by atoms with Gasteiger partial charge in [0, 0.05) is 32.7 Å². The first kappa shape index (κ1) is 22.5. The number of nitrogens with one attached hydrogen (secondary N) is 2. The van der Waals surface area contributed by atoms with Crippen LogP contribution in [0.3, 0.4) is 0 Å². The van der Waals surface area contributed by atoms with Gasteiger partial charge in [-0.2, -0.15) is 0 Å². The number of rotatable bonds is 5. The molecule has 1 fully saturated rings. The minimum Gasteiger partial charge on any atom is -0.450 e. The van der Waals surface area contributed by atoms with Gasteiger partial charge >= 0.3 is 6.09 Å². The maximum Gasteiger partial charge on any atom is 0.409 e. The van der Waals surface area contributed by atoms with Crippen LogP contribution in [0.15, 0.2) is 29.3 Å². The molecule has 1 aliphatic heterocycles. The van der Waals surface area contributed by atoms with Gasteiger partial charge in [-0.25, -0.2) is 4.79 Å². The van der Waals surface area contributed by atoms with Crippen molar-refractivity contribution in [3.8, 4) is 0 Å². The SMILES string of the molecule is CCOC(=O)N1CCC(NC(=NC)NCCc2ccc(C)cc2)CC1.I. The number of carbonyl (C=O) groups excluding carboxylic acids is 1. The molecule has 1 heterocycles. The highest BCUT2D eigenvalue weighted by Gasteiger charge is 2.23. The minimum absolute atomic E-state index is 0. The van der Waals surface area contributed by atoms with Gasteiger partial charge in [-0.1, -0.05) is 29.8 Å². The van der Waals surface area contributed by atoms with E-state index in [4.69, 9.17) is 4.74 Å². The smallest absolute Gasteiger partial charge is 0.409 e. The van der Waals surface area contributed by atoms with Crippen LogP contribution < -0.4 is 10.6 Å². The Morgan fingerprint density at radius 1 is 1.27 bits per heavy atom. The van der Waals surface area contributed by atoms with E-state index >= 15 is 0 Å². The van der Waals surface area contributed by atoms with Crippen molar-refractivity contribution in [2.45, 2.75) is 39.2 Å². The standard InChI is InChI=1S/C19H30N4O2.HI/c1-4-25-19(24)23-13-10-17(11-14-23)22-18(20-3)21-12-9-16-7-5-15(2)6-8-16;/h5-8,17H,4,9-14H2,1-3H3,(H2,20,21,22);1H. The van der Waals surface area contributed by atoms with Crippen LogP contribution in [0.1, 0.15) is 30.9 Å². The van der Waals surface area contributed by atoms with Crippen molar-refractivity contribution in [1.82, 2.24) is 15.5 Å². The molecule has 0 radical (unpaired) electrons. The Labute approximate surface area is 173 Å². The molecule has 2 rings (SSSR count). The lowest BCUT2D eigenvalue weighted by Crippen LogP contribution is -2.50. The maximum absolute atomic E-state index is 11.7. The van der Waals surface area contributed by atoms with Gasteiger partial charge in [0.25, 0.3) is 0 Å². The topological polar surface area (TPSA) is 66.0 Å². The summed E-state index contributed by atoms with van der Waals surface area (Å²) in [7, 11) is 1.79. The Kier molecular flexibility index (Phi) is 10.4. The summed E-state index contributed by atoms with van der Waals surface area (Å²) in [5, 5.41) is 6.82. The van der Waals surface area contributed by atoms with E-state index in [0.29, 0.717) is 12.6 Å². The Balaban J connectivity index is 0.00000338. The highest BCUT2D eigenvalue weighted by molar-refractivity contribution is 14.0. The number of guanidine groups is 1. The normalized spacial score (nSPS) is 15.2. The predicted molar refractivity (Wildman–Crippen MR) is 116 cm³/mol. The van der Waals surface area contributed by atoms with E-state index in [0.717, 1.165) is 44.9 Å². The van der Waals surface area contributed by atoms with Crippen molar-refractivity contribution in [2.75, 3.05) is 33.3 Å². The second kappa shape index (κ2) is 12.0.